The Kier molecular flexibility index (Phi) is 3.86. The van der Waals surface area contributed by atoms with Gasteiger partial charge in [0.2, 0.25) is 11.6 Å². The monoisotopic (exact) mass is 258 g/mol. The number of carbonyl (C=O) groups is 2. The van der Waals surface area contributed by atoms with Crippen LogP contribution in [0.4, 0.5) is 0 Å². The predicted molar refractivity (Wildman–Crippen MR) is 59.2 cm³/mol. The standard InChI is InChI=1S/C9H14N4O5/c1-6(14)11-12-5-7(13(16)17)4-10-9(12,2)8(15)18-3/h4,10H,5H2,1-3H3,(H,11,14). The van der Waals surface area contributed by atoms with Gasteiger partial charge in [0.25, 0.3) is 5.70 Å². The van der Waals surface area contributed by atoms with Crippen LogP contribution < -0.4 is 10.7 Å². The minimum atomic E-state index is -1.39. The van der Waals surface area contributed by atoms with E-state index < -0.39 is 22.5 Å². The number of nitrogens with zero attached hydrogens (tertiary/aromatic N) is 2. The van der Waals surface area contributed by atoms with Crippen LogP contribution in [-0.2, 0) is 14.3 Å². The average molecular weight is 258 g/mol. The van der Waals surface area contributed by atoms with Crippen LogP contribution in [0.2, 0.25) is 0 Å². The molecule has 1 amide bonds. The maximum absolute atomic E-state index is 11.7. The van der Waals surface area contributed by atoms with Crippen molar-refractivity contribution in [1.82, 2.24) is 15.8 Å². The van der Waals surface area contributed by atoms with Gasteiger partial charge in [0.05, 0.1) is 18.2 Å². The second kappa shape index (κ2) is 5.00. The molecule has 1 atom stereocenters. The highest BCUT2D eigenvalue weighted by atomic mass is 16.6. The molecule has 1 aliphatic heterocycles. The van der Waals surface area contributed by atoms with E-state index in [1.165, 1.54) is 21.0 Å². The first-order valence-electron chi connectivity index (χ1n) is 5.05. The van der Waals surface area contributed by atoms with E-state index in [0.29, 0.717) is 0 Å². The topological polar surface area (TPSA) is 114 Å². The molecule has 0 saturated carbocycles. The Hall–Kier alpha value is -2.16. The SMILES string of the molecule is COC(=O)C1(C)NC=C([N+](=O)[O-])CN1NC(C)=O. The van der Waals surface area contributed by atoms with Gasteiger partial charge in [0.1, 0.15) is 6.54 Å². The van der Waals surface area contributed by atoms with Crippen LogP contribution in [0.1, 0.15) is 13.8 Å². The number of nitrogens with one attached hydrogen (secondary N) is 2. The van der Waals surface area contributed by atoms with Gasteiger partial charge in [-0.15, -0.1) is 0 Å². The van der Waals surface area contributed by atoms with Gasteiger partial charge in [-0.1, -0.05) is 0 Å². The molecule has 1 unspecified atom stereocenters. The fourth-order valence-electron chi connectivity index (χ4n) is 1.49. The third-order valence-corrected chi connectivity index (χ3v) is 2.49. The van der Waals surface area contributed by atoms with Gasteiger partial charge in [-0.2, -0.15) is 5.01 Å². The largest absolute Gasteiger partial charge is 0.466 e. The van der Waals surface area contributed by atoms with Crippen LogP contribution in [0.15, 0.2) is 11.9 Å². The molecule has 0 radical (unpaired) electrons. The van der Waals surface area contributed by atoms with E-state index in [-0.39, 0.29) is 12.2 Å². The van der Waals surface area contributed by atoms with Crippen LogP contribution in [0.3, 0.4) is 0 Å². The maximum Gasteiger partial charge on any atom is 0.348 e. The predicted octanol–water partition coefficient (Wildman–Crippen LogP) is -1.05. The molecule has 1 rings (SSSR count). The lowest BCUT2D eigenvalue weighted by molar-refractivity contribution is -0.431. The van der Waals surface area contributed by atoms with Gasteiger partial charge in [-0.3, -0.25) is 20.3 Å². The lowest BCUT2D eigenvalue weighted by Gasteiger charge is -2.39. The molecule has 1 aliphatic rings. The van der Waals surface area contributed by atoms with Crippen molar-refractivity contribution in [2.45, 2.75) is 19.5 Å². The highest BCUT2D eigenvalue weighted by Gasteiger charge is 2.45. The second-order valence-electron chi connectivity index (χ2n) is 3.86. The molecule has 0 aromatic rings. The van der Waals surface area contributed by atoms with Gasteiger partial charge in [0.15, 0.2) is 0 Å². The Morgan fingerprint density at radius 1 is 1.67 bits per heavy atom. The van der Waals surface area contributed by atoms with Gasteiger partial charge in [0, 0.05) is 6.92 Å². The van der Waals surface area contributed by atoms with E-state index in [0.717, 1.165) is 11.2 Å². The van der Waals surface area contributed by atoms with Gasteiger partial charge >= 0.3 is 5.97 Å². The number of carbonyl (C=O) groups excluding carboxylic acids is 2. The maximum atomic E-state index is 11.7. The van der Waals surface area contributed by atoms with Gasteiger partial charge in [-0.05, 0) is 6.92 Å². The van der Waals surface area contributed by atoms with Gasteiger partial charge < -0.3 is 10.1 Å². The van der Waals surface area contributed by atoms with E-state index in [2.05, 4.69) is 15.5 Å². The summed E-state index contributed by atoms with van der Waals surface area (Å²) in [4.78, 5) is 32.8. The summed E-state index contributed by atoms with van der Waals surface area (Å²) in [6.07, 6.45) is 1.12. The van der Waals surface area contributed by atoms with E-state index in [1.54, 1.807) is 0 Å². The molecule has 0 spiro atoms. The summed E-state index contributed by atoms with van der Waals surface area (Å²) >= 11 is 0. The molecule has 0 bridgehead atoms. The number of hydrogen-bond acceptors (Lipinski definition) is 7. The fourth-order valence-corrected chi connectivity index (χ4v) is 1.49. The zero-order valence-corrected chi connectivity index (χ0v) is 10.2. The third-order valence-electron chi connectivity index (χ3n) is 2.49. The average Bonchev–Trinajstić information content (AvgIpc) is 2.30. The van der Waals surface area contributed by atoms with Crippen molar-refractivity contribution < 1.29 is 19.2 Å². The molecule has 2 N–H and O–H groups in total. The van der Waals surface area contributed by atoms with Crippen molar-refractivity contribution in [2.75, 3.05) is 13.7 Å². The zero-order valence-electron chi connectivity index (χ0n) is 10.2. The summed E-state index contributed by atoms with van der Waals surface area (Å²) in [5, 5.41) is 14.4. The van der Waals surface area contributed by atoms with Crippen molar-refractivity contribution in [2.24, 2.45) is 0 Å². The first kappa shape index (κ1) is 13.9. The lowest BCUT2D eigenvalue weighted by Crippen LogP contribution is -2.68. The molecule has 9 heteroatoms. The second-order valence-corrected chi connectivity index (χ2v) is 3.86. The molecular weight excluding hydrogens is 244 g/mol. The highest BCUT2D eigenvalue weighted by Crippen LogP contribution is 2.18. The highest BCUT2D eigenvalue weighted by molar-refractivity contribution is 5.81. The number of ether oxygens (including phenoxy) is 1. The Labute approximate surface area is 103 Å². The van der Waals surface area contributed by atoms with E-state index >= 15 is 0 Å². The molecule has 0 saturated heterocycles. The summed E-state index contributed by atoms with van der Waals surface area (Å²) < 4.78 is 4.61. The van der Waals surface area contributed by atoms with E-state index in [1.807, 2.05) is 0 Å². The minimum Gasteiger partial charge on any atom is -0.466 e. The first-order valence-corrected chi connectivity index (χ1v) is 5.05. The number of hydrogen-bond donors (Lipinski definition) is 2. The zero-order chi connectivity index (χ0) is 13.9. The molecule has 100 valence electrons. The fraction of sp³-hybridized carbons (Fsp3) is 0.556. The van der Waals surface area contributed by atoms with Crippen LogP contribution in [-0.4, -0.2) is 41.1 Å². The number of hydrazine groups is 1. The van der Waals surface area contributed by atoms with E-state index in [9.17, 15) is 19.7 Å². The van der Waals surface area contributed by atoms with Crippen LogP contribution in [0, 0.1) is 10.1 Å². The first-order chi connectivity index (χ1) is 8.31. The van der Waals surface area contributed by atoms with Crippen molar-refractivity contribution >= 4 is 11.9 Å². The molecule has 9 nitrogen and oxygen atoms in total. The number of esters is 1. The molecule has 0 aliphatic carbocycles. The molecular formula is C9H14N4O5. The number of rotatable bonds is 3. The minimum absolute atomic E-state index is 0.176. The van der Waals surface area contributed by atoms with Crippen molar-refractivity contribution in [3.8, 4) is 0 Å². The number of amides is 1. The van der Waals surface area contributed by atoms with Crippen molar-refractivity contribution in [1.29, 1.82) is 0 Å². The van der Waals surface area contributed by atoms with E-state index in [4.69, 9.17) is 0 Å². The molecule has 0 aromatic heterocycles. The number of methoxy groups -OCH3 is 1. The lowest BCUT2D eigenvalue weighted by atomic mass is 10.1. The Morgan fingerprint density at radius 2 is 2.28 bits per heavy atom. The Bertz CT molecular complexity index is 421. The molecule has 0 aromatic carbocycles. The summed E-state index contributed by atoms with van der Waals surface area (Å²) in [6.45, 7) is 2.47. The normalized spacial score (nSPS) is 23.6. The molecule has 0 fully saturated rings. The molecule has 1 heterocycles. The van der Waals surface area contributed by atoms with Crippen molar-refractivity contribution in [3.05, 3.63) is 22.0 Å². The summed E-state index contributed by atoms with van der Waals surface area (Å²) in [5.74, 6) is -1.12. The Morgan fingerprint density at radius 3 is 2.72 bits per heavy atom. The van der Waals surface area contributed by atoms with Crippen LogP contribution in [0.5, 0.6) is 0 Å². The molecule has 18 heavy (non-hydrogen) atoms. The summed E-state index contributed by atoms with van der Waals surface area (Å²) in [5.41, 5.74) is 0.793. The van der Waals surface area contributed by atoms with Crippen LogP contribution in [0.25, 0.3) is 0 Å². The quantitative estimate of drug-likeness (QED) is 0.377. The smallest absolute Gasteiger partial charge is 0.348 e. The van der Waals surface area contributed by atoms with Crippen molar-refractivity contribution in [3.63, 3.8) is 0 Å². The Balaban J connectivity index is 3.05. The van der Waals surface area contributed by atoms with Crippen LogP contribution >= 0.6 is 0 Å². The van der Waals surface area contributed by atoms with Gasteiger partial charge in [-0.25, -0.2) is 4.79 Å². The third kappa shape index (κ3) is 2.56. The summed E-state index contributed by atoms with van der Waals surface area (Å²) in [7, 11) is 1.19. The number of nitro groups is 1. The summed E-state index contributed by atoms with van der Waals surface area (Å²) in [6, 6.07) is 0.